The predicted molar refractivity (Wildman–Crippen MR) is 92.6 cm³/mol. The highest BCUT2D eigenvalue weighted by atomic mass is 15.2. The van der Waals surface area contributed by atoms with Crippen LogP contribution in [0.25, 0.3) is 0 Å². The fraction of sp³-hybridized carbons (Fsp3) is 0.400. The first kappa shape index (κ1) is 13.8. The molecule has 0 radical (unpaired) electrons. The molecule has 2 aromatic rings. The van der Waals surface area contributed by atoms with Crippen LogP contribution in [0.3, 0.4) is 0 Å². The molecule has 114 valence electrons. The second-order valence-corrected chi connectivity index (χ2v) is 6.58. The van der Waals surface area contributed by atoms with E-state index in [4.69, 9.17) is 0 Å². The van der Waals surface area contributed by atoms with Gasteiger partial charge in [0.25, 0.3) is 0 Å². The van der Waals surface area contributed by atoms with Crippen LogP contribution in [-0.4, -0.2) is 20.1 Å². The highest BCUT2D eigenvalue weighted by Crippen LogP contribution is 2.40. The standard InChI is InChI=1S/C20H24N2/c1-21-19-9-11-22-10-5-8-17-13-16(14-18(19)20(17)22)12-15-6-3-2-4-7-15/h2-4,6-7,13-14,19,21H,5,8-12H2,1H3. The molecule has 0 bridgehead atoms. The van der Waals surface area contributed by atoms with Crippen LogP contribution in [0.1, 0.15) is 41.1 Å². The summed E-state index contributed by atoms with van der Waals surface area (Å²) in [7, 11) is 2.10. The predicted octanol–water partition coefficient (Wildman–Crippen LogP) is 3.69. The Bertz CT molecular complexity index is 663. The molecule has 0 saturated carbocycles. The molecule has 2 aromatic carbocycles. The lowest BCUT2D eigenvalue weighted by molar-refractivity contribution is 0.503. The molecule has 1 unspecified atom stereocenters. The van der Waals surface area contributed by atoms with E-state index in [1.807, 2.05) is 0 Å². The molecule has 2 aliphatic heterocycles. The Morgan fingerprint density at radius 3 is 2.77 bits per heavy atom. The van der Waals surface area contributed by atoms with E-state index in [1.54, 1.807) is 5.56 Å². The van der Waals surface area contributed by atoms with E-state index in [1.165, 1.54) is 54.7 Å². The SMILES string of the molecule is CNC1CCN2CCCc3cc(Cc4ccccc4)cc1c32. The summed E-state index contributed by atoms with van der Waals surface area (Å²) in [5.41, 5.74) is 7.49. The number of hydrogen-bond donors (Lipinski definition) is 1. The molecule has 0 spiro atoms. The van der Waals surface area contributed by atoms with Gasteiger partial charge in [-0.2, -0.15) is 0 Å². The number of nitrogens with one attached hydrogen (secondary N) is 1. The second-order valence-electron chi connectivity index (χ2n) is 6.58. The van der Waals surface area contributed by atoms with E-state index in [0.29, 0.717) is 6.04 Å². The van der Waals surface area contributed by atoms with Gasteiger partial charge < -0.3 is 10.2 Å². The molecule has 2 aliphatic rings. The highest BCUT2D eigenvalue weighted by molar-refractivity contribution is 5.65. The summed E-state index contributed by atoms with van der Waals surface area (Å²) in [6.07, 6.45) is 4.79. The maximum atomic E-state index is 3.52. The number of aryl methyl sites for hydroxylation is 1. The van der Waals surface area contributed by atoms with Crippen molar-refractivity contribution in [3.63, 3.8) is 0 Å². The van der Waals surface area contributed by atoms with Gasteiger partial charge in [-0.15, -0.1) is 0 Å². The van der Waals surface area contributed by atoms with E-state index < -0.39 is 0 Å². The Morgan fingerprint density at radius 1 is 1.09 bits per heavy atom. The van der Waals surface area contributed by atoms with E-state index in [-0.39, 0.29) is 0 Å². The van der Waals surface area contributed by atoms with Gasteiger partial charge in [-0.1, -0.05) is 42.5 Å². The number of nitrogens with zero attached hydrogens (tertiary/aromatic N) is 1. The third kappa shape index (κ3) is 2.42. The fourth-order valence-electron chi connectivity index (χ4n) is 4.10. The normalized spacial score (nSPS) is 19.9. The number of hydrogen-bond acceptors (Lipinski definition) is 2. The summed E-state index contributed by atoms with van der Waals surface area (Å²) in [4.78, 5) is 2.61. The van der Waals surface area contributed by atoms with Crippen molar-refractivity contribution in [1.29, 1.82) is 0 Å². The van der Waals surface area contributed by atoms with Gasteiger partial charge in [-0.3, -0.25) is 0 Å². The fourth-order valence-corrected chi connectivity index (χ4v) is 4.10. The first-order chi connectivity index (χ1) is 10.8. The van der Waals surface area contributed by atoms with Gasteiger partial charge in [0, 0.05) is 24.8 Å². The van der Waals surface area contributed by atoms with Gasteiger partial charge in [0.05, 0.1) is 0 Å². The lowest BCUT2D eigenvalue weighted by Crippen LogP contribution is -2.38. The minimum atomic E-state index is 0.513. The van der Waals surface area contributed by atoms with Crippen molar-refractivity contribution in [2.75, 3.05) is 25.0 Å². The van der Waals surface area contributed by atoms with Crippen molar-refractivity contribution in [3.05, 3.63) is 64.7 Å². The zero-order valence-electron chi connectivity index (χ0n) is 13.3. The number of benzene rings is 2. The molecule has 0 aliphatic carbocycles. The molecule has 1 N–H and O–H groups in total. The van der Waals surface area contributed by atoms with Gasteiger partial charge in [0.1, 0.15) is 0 Å². The molecule has 2 nitrogen and oxygen atoms in total. The quantitative estimate of drug-likeness (QED) is 0.928. The average molecular weight is 292 g/mol. The molecule has 0 fully saturated rings. The summed E-state index contributed by atoms with van der Waals surface area (Å²) >= 11 is 0. The minimum absolute atomic E-state index is 0.513. The van der Waals surface area contributed by atoms with Gasteiger partial charge in [-0.05, 0) is 55.0 Å². The van der Waals surface area contributed by atoms with Crippen LogP contribution in [0.15, 0.2) is 42.5 Å². The monoisotopic (exact) mass is 292 g/mol. The van der Waals surface area contributed by atoms with Crippen LogP contribution in [0, 0.1) is 0 Å². The van der Waals surface area contributed by atoms with Crippen molar-refractivity contribution in [1.82, 2.24) is 5.32 Å². The first-order valence-corrected chi connectivity index (χ1v) is 8.47. The summed E-state index contributed by atoms with van der Waals surface area (Å²) in [5, 5.41) is 3.52. The third-order valence-corrected chi connectivity index (χ3v) is 5.13. The van der Waals surface area contributed by atoms with Gasteiger partial charge in [0.15, 0.2) is 0 Å². The zero-order chi connectivity index (χ0) is 14.9. The topological polar surface area (TPSA) is 15.3 Å². The molecule has 4 rings (SSSR count). The average Bonchev–Trinajstić information content (AvgIpc) is 2.56. The van der Waals surface area contributed by atoms with Crippen molar-refractivity contribution < 1.29 is 0 Å². The van der Waals surface area contributed by atoms with Crippen molar-refractivity contribution in [2.45, 2.75) is 31.7 Å². The van der Waals surface area contributed by atoms with Crippen LogP contribution in [0.4, 0.5) is 5.69 Å². The maximum absolute atomic E-state index is 3.52. The lowest BCUT2D eigenvalue weighted by Gasteiger charge is -2.40. The molecule has 0 amide bonds. The van der Waals surface area contributed by atoms with E-state index in [2.05, 4.69) is 59.7 Å². The smallest absolute Gasteiger partial charge is 0.0447 e. The largest absolute Gasteiger partial charge is 0.371 e. The Balaban J connectivity index is 1.76. The molecule has 22 heavy (non-hydrogen) atoms. The Hall–Kier alpha value is -1.80. The summed E-state index contributed by atoms with van der Waals surface area (Å²) in [6, 6.07) is 16.2. The van der Waals surface area contributed by atoms with Crippen LogP contribution in [-0.2, 0) is 12.8 Å². The molecular formula is C20H24N2. The molecule has 2 heterocycles. The molecule has 1 atom stereocenters. The van der Waals surface area contributed by atoms with E-state index >= 15 is 0 Å². The highest BCUT2D eigenvalue weighted by Gasteiger charge is 2.29. The van der Waals surface area contributed by atoms with Crippen molar-refractivity contribution in [3.8, 4) is 0 Å². The van der Waals surface area contributed by atoms with Crippen molar-refractivity contribution in [2.24, 2.45) is 0 Å². The minimum Gasteiger partial charge on any atom is -0.371 e. The Morgan fingerprint density at radius 2 is 1.95 bits per heavy atom. The van der Waals surface area contributed by atoms with Gasteiger partial charge >= 0.3 is 0 Å². The third-order valence-electron chi connectivity index (χ3n) is 5.13. The molecule has 0 saturated heterocycles. The van der Waals surface area contributed by atoms with Crippen LogP contribution < -0.4 is 10.2 Å². The van der Waals surface area contributed by atoms with E-state index in [0.717, 1.165) is 6.42 Å². The van der Waals surface area contributed by atoms with Crippen LogP contribution >= 0.6 is 0 Å². The molecular weight excluding hydrogens is 268 g/mol. The Labute approximate surface area is 133 Å². The lowest BCUT2D eigenvalue weighted by atomic mass is 9.86. The Kier molecular flexibility index (Phi) is 3.63. The van der Waals surface area contributed by atoms with Gasteiger partial charge in [0.2, 0.25) is 0 Å². The first-order valence-electron chi connectivity index (χ1n) is 8.47. The second kappa shape index (κ2) is 5.77. The molecule has 0 aromatic heterocycles. The summed E-state index contributed by atoms with van der Waals surface area (Å²) < 4.78 is 0. The summed E-state index contributed by atoms with van der Waals surface area (Å²) in [6.45, 7) is 2.43. The van der Waals surface area contributed by atoms with Crippen LogP contribution in [0.5, 0.6) is 0 Å². The zero-order valence-corrected chi connectivity index (χ0v) is 13.3. The van der Waals surface area contributed by atoms with Gasteiger partial charge in [-0.25, -0.2) is 0 Å². The molecule has 2 heteroatoms. The van der Waals surface area contributed by atoms with Crippen molar-refractivity contribution >= 4 is 5.69 Å². The summed E-state index contributed by atoms with van der Waals surface area (Å²) in [5.74, 6) is 0. The maximum Gasteiger partial charge on any atom is 0.0447 e. The van der Waals surface area contributed by atoms with E-state index in [9.17, 15) is 0 Å². The number of rotatable bonds is 3. The van der Waals surface area contributed by atoms with Crippen LogP contribution in [0.2, 0.25) is 0 Å². The number of anilines is 1.